The van der Waals surface area contributed by atoms with Gasteiger partial charge in [-0.15, -0.1) is 0 Å². The van der Waals surface area contributed by atoms with Crippen molar-refractivity contribution in [1.82, 2.24) is 9.88 Å². The van der Waals surface area contributed by atoms with E-state index in [1.807, 2.05) is 11.0 Å². The van der Waals surface area contributed by atoms with E-state index in [9.17, 15) is 18.0 Å². The van der Waals surface area contributed by atoms with Crippen LogP contribution in [0.5, 0.6) is 0 Å². The maximum absolute atomic E-state index is 13.4. The Morgan fingerprint density at radius 3 is 2.61 bits per heavy atom. The van der Waals surface area contributed by atoms with E-state index in [0.29, 0.717) is 37.2 Å². The molecule has 0 bridgehead atoms. The van der Waals surface area contributed by atoms with Crippen LogP contribution in [0.1, 0.15) is 83.9 Å². The predicted octanol–water partition coefficient (Wildman–Crippen LogP) is 6.51. The van der Waals surface area contributed by atoms with Gasteiger partial charge in [0.1, 0.15) is 5.69 Å². The number of unbranched alkanes of at least 4 members (excludes halogenated alkanes) is 4. The number of Topliss-reactive ketones (excluding diaryl/α,β-unsaturated/α-hetero) is 1. The van der Waals surface area contributed by atoms with Crippen molar-refractivity contribution >= 4 is 5.78 Å². The van der Waals surface area contributed by atoms with E-state index >= 15 is 0 Å². The second-order valence-electron chi connectivity index (χ2n) is 8.51. The van der Waals surface area contributed by atoms with Crippen molar-refractivity contribution in [3.63, 3.8) is 0 Å². The number of nitrogens with zero attached hydrogens (tertiary/aromatic N) is 2. The monoisotopic (exact) mass is 432 g/mol. The molecule has 3 rings (SSSR count). The lowest BCUT2D eigenvalue weighted by atomic mass is 10.00. The molecule has 168 valence electrons. The molecule has 6 heteroatoms. The second kappa shape index (κ2) is 10.4. The highest BCUT2D eigenvalue weighted by Gasteiger charge is 2.33. The summed E-state index contributed by atoms with van der Waals surface area (Å²) in [4.78, 5) is 19.1. The summed E-state index contributed by atoms with van der Waals surface area (Å²) in [5, 5.41) is 0. The van der Waals surface area contributed by atoms with Crippen LogP contribution >= 0.6 is 0 Å². The lowest BCUT2D eigenvalue weighted by molar-refractivity contribution is -0.138. The predicted molar refractivity (Wildman–Crippen MR) is 116 cm³/mol. The third kappa shape index (κ3) is 6.39. The number of rotatable bonds is 9. The van der Waals surface area contributed by atoms with Gasteiger partial charge in [-0.2, -0.15) is 13.2 Å². The van der Waals surface area contributed by atoms with Gasteiger partial charge in [0.25, 0.3) is 0 Å². The summed E-state index contributed by atoms with van der Waals surface area (Å²) >= 11 is 0. The number of fused-ring (bicyclic) bond motifs is 1. The number of benzene rings is 1. The van der Waals surface area contributed by atoms with E-state index in [0.717, 1.165) is 36.1 Å². The Bertz CT molecular complexity index is 908. The number of ketones is 1. The highest BCUT2D eigenvalue weighted by atomic mass is 19.4. The Morgan fingerprint density at radius 2 is 1.87 bits per heavy atom. The van der Waals surface area contributed by atoms with Gasteiger partial charge in [-0.1, -0.05) is 56.4 Å². The fourth-order valence-corrected chi connectivity index (χ4v) is 4.15. The lowest BCUT2D eigenvalue weighted by Gasteiger charge is -2.29. The number of hydrogen-bond acceptors (Lipinski definition) is 3. The topological polar surface area (TPSA) is 33.2 Å². The number of aryl methyl sites for hydroxylation is 1. The minimum Gasteiger partial charge on any atom is -0.294 e. The van der Waals surface area contributed by atoms with Gasteiger partial charge < -0.3 is 0 Å². The van der Waals surface area contributed by atoms with Crippen molar-refractivity contribution in [2.45, 2.75) is 78.1 Å². The van der Waals surface area contributed by atoms with Crippen LogP contribution in [0.25, 0.3) is 0 Å². The molecule has 0 N–H and O–H groups in total. The third-order valence-electron chi connectivity index (χ3n) is 5.88. The zero-order valence-electron chi connectivity index (χ0n) is 18.4. The van der Waals surface area contributed by atoms with E-state index in [2.05, 4.69) is 11.9 Å². The van der Waals surface area contributed by atoms with Gasteiger partial charge in [-0.3, -0.25) is 9.69 Å². The Balaban J connectivity index is 1.63. The first-order valence-electron chi connectivity index (χ1n) is 11.2. The minimum absolute atomic E-state index is 0.0799. The average Bonchev–Trinajstić information content (AvgIpc) is 2.72. The maximum atomic E-state index is 13.4. The molecule has 3 nitrogen and oxygen atoms in total. The SMILES string of the molecule is CCCCCCCC(=O)c1ccc2c(n1)CCN(Cc1cc(C)ccc1C(F)(F)F)C2. The van der Waals surface area contributed by atoms with E-state index < -0.39 is 11.7 Å². The molecule has 1 aliphatic heterocycles. The van der Waals surface area contributed by atoms with Crippen LogP contribution in [-0.4, -0.2) is 22.2 Å². The maximum Gasteiger partial charge on any atom is 0.416 e. The van der Waals surface area contributed by atoms with Crippen molar-refractivity contribution in [3.8, 4) is 0 Å². The van der Waals surface area contributed by atoms with Crippen LogP contribution in [0.2, 0.25) is 0 Å². The first-order chi connectivity index (χ1) is 14.8. The number of carbonyl (C=O) groups is 1. The lowest BCUT2D eigenvalue weighted by Crippen LogP contribution is -2.31. The Hall–Kier alpha value is -2.21. The summed E-state index contributed by atoms with van der Waals surface area (Å²) in [6, 6.07) is 7.98. The van der Waals surface area contributed by atoms with Crippen molar-refractivity contribution < 1.29 is 18.0 Å². The number of hydrogen-bond donors (Lipinski definition) is 0. The number of pyridine rings is 1. The normalized spacial score (nSPS) is 14.5. The van der Waals surface area contributed by atoms with Crippen molar-refractivity contribution in [1.29, 1.82) is 0 Å². The van der Waals surface area contributed by atoms with Crippen molar-refractivity contribution in [2.75, 3.05) is 6.54 Å². The fourth-order valence-electron chi connectivity index (χ4n) is 4.15. The third-order valence-corrected chi connectivity index (χ3v) is 5.88. The zero-order chi connectivity index (χ0) is 22.4. The molecule has 0 unspecified atom stereocenters. The van der Waals surface area contributed by atoms with E-state index in [1.165, 1.54) is 25.0 Å². The summed E-state index contributed by atoms with van der Waals surface area (Å²) in [7, 11) is 0. The van der Waals surface area contributed by atoms with Gasteiger partial charge in [-0.25, -0.2) is 4.98 Å². The Morgan fingerprint density at radius 1 is 1.10 bits per heavy atom. The van der Waals surface area contributed by atoms with E-state index in [-0.39, 0.29) is 12.3 Å². The molecule has 0 aliphatic carbocycles. The fraction of sp³-hybridized carbons (Fsp3) is 0.520. The molecule has 0 atom stereocenters. The number of carbonyl (C=O) groups excluding carboxylic acids is 1. The second-order valence-corrected chi connectivity index (χ2v) is 8.51. The number of alkyl halides is 3. The Labute approximate surface area is 182 Å². The van der Waals surface area contributed by atoms with Gasteiger partial charge in [-0.05, 0) is 36.6 Å². The summed E-state index contributed by atoms with van der Waals surface area (Å²) in [5.41, 5.74) is 2.96. The van der Waals surface area contributed by atoms with Gasteiger partial charge in [0.05, 0.1) is 5.56 Å². The Kier molecular flexibility index (Phi) is 7.87. The highest BCUT2D eigenvalue weighted by Crippen LogP contribution is 2.33. The number of halogens is 3. The van der Waals surface area contributed by atoms with Gasteiger partial charge in [0, 0.05) is 38.2 Å². The van der Waals surface area contributed by atoms with Crippen LogP contribution in [-0.2, 0) is 25.7 Å². The molecule has 1 aromatic carbocycles. The van der Waals surface area contributed by atoms with Crippen LogP contribution in [0.3, 0.4) is 0 Å². The molecule has 0 spiro atoms. The molecule has 1 aliphatic rings. The summed E-state index contributed by atoms with van der Waals surface area (Å²) in [5.74, 6) is 0.0799. The van der Waals surface area contributed by atoms with E-state index in [4.69, 9.17) is 0 Å². The van der Waals surface area contributed by atoms with Crippen molar-refractivity contribution in [2.24, 2.45) is 0 Å². The molecule has 0 radical (unpaired) electrons. The van der Waals surface area contributed by atoms with Gasteiger partial charge in [0.15, 0.2) is 5.78 Å². The van der Waals surface area contributed by atoms with Crippen LogP contribution in [0.4, 0.5) is 13.2 Å². The quantitative estimate of drug-likeness (QED) is 0.334. The molecule has 0 saturated carbocycles. The molecule has 1 aromatic heterocycles. The summed E-state index contributed by atoms with van der Waals surface area (Å²) < 4.78 is 40.1. The summed E-state index contributed by atoms with van der Waals surface area (Å²) in [6.45, 7) is 5.38. The van der Waals surface area contributed by atoms with Gasteiger partial charge in [0.2, 0.25) is 0 Å². The van der Waals surface area contributed by atoms with Gasteiger partial charge >= 0.3 is 6.18 Å². The molecule has 0 saturated heterocycles. The first kappa shape index (κ1) is 23.5. The van der Waals surface area contributed by atoms with Crippen molar-refractivity contribution in [3.05, 3.63) is 64.0 Å². The van der Waals surface area contributed by atoms with Crippen LogP contribution in [0, 0.1) is 6.92 Å². The van der Waals surface area contributed by atoms with Crippen LogP contribution < -0.4 is 0 Å². The smallest absolute Gasteiger partial charge is 0.294 e. The van der Waals surface area contributed by atoms with E-state index in [1.54, 1.807) is 19.1 Å². The standard InChI is InChI=1S/C25H31F3N2O/c1-3-4-5-6-7-8-24(31)23-12-10-19-16-30(14-13-22(19)29-23)17-20-15-18(2)9-11-21(20)25(26,27)28/h9-12,15H,3-8,13-14,16-17H2,1-2H3. The largest absolute Gasteiger partial charge is 0.416 e. The first-order valence-corrected chi connectivity index (χ1v) is 11.2. The molecule has 0 amide bonds. The summed E-state index contributed by atoms with van der Waals surface area (Å²) in [6.07, 6.45) is 2.31. The minimum atomic E-state index is -4.36. The van der Waals surface area contributed by atoms with Crippen LogP contribution in [0.15, 0.2) is 30.3 Å². The highest BCUT2D eigenvalue weighted by molar-refractivity contribution is 5.94. The molecule has 31 heavy (non-hydrogen) atoms. The molecular weight excluding hydrogens is 401 g/mol. The number of aromatic nitrogens is 1. The molecule has 2 aromatic rings. The molecule has 0 fully saturated rings. The zero-order valence-corrected chi connectivity index (χ0v) is 18.4. The average molecular weight is 433 g/mol. The molecular formula is C25H31F3N2O. The molecule has 2 heterocycles.